The predicted octanol–water partition coefficient (Wildman–Crippen LogP) is 3.06. The minimum atomic E-state index is -0.104. The first-order valence-corrected chi connectivity index (χ1v) is 7.23. The number of benzene rings is 1. The minimum absolute atomic E-state index is 0.104. The van der Waals surface area contributed by atoms with Gasteiger partial charge in [0, 0.05) is 18.7 Å². The van der Waals surface area contributed by atoms with E-state index >= 15 is 0 Å². The highest BCUT2D eigenvalue weighted by atomic mass is 16.5. The topological polar surface area (TPSA) is 66.6 Å². The molecule has 3 rings (SSSR count). The molecule has 0 aliphatic carbocycles. The highest BCUT2D eigenvalue weighted by Gasteiger charge is 2.26. The number of amides is 1. The largest absolute Gasteiger partial charge is 0.507 e. The lowest BCUT2D eigenvalue weighted by molar-refractivity contribution is 0.0625. The number of para-hydroxylation sites is 1. The summed E-state index contributed by atoms with van der Waals surface area (Å²) in [6, 6.07) is 8.66. The summed E-state index contributed by atoms with van der Waals surface area (Å²) >= 11 is 0. The van der Waals surface area contributed by atoms with Gasteiger partial charge in [-0.05, 0) is 38.3 Å². The second-order valence-corrected chi connectivity index (χ2v) is 5.44. The number of carbonyl (C=O) groups is 1. The summed E-state index contributed by atoms with van der Waals surface area (Å²) in [7, 11) is 0. The fourth-order valence-electron chi connectivity index (χ4n) is 2.73. The van der Waals surface area contributed by atoms with Gasteiger partial charge in [0.25, 0.3) is 5.91 Å². The Morgan fingerprint density at radius 2 is 2.19 bits per heavy atom. The van der Waals surface area contributed by atoms with Gasteiger partial charge in [-0.25, -0.2) is 0 Å². The molecule has 2 heterocycles. The van der Waals surface area contributed by atoms with E-state index in [1.807, 2.05) is 4.90 Å². The maximum Gasteiger partial charge on any atom is 0.276 e. The molecule has 1 N–H and O–H groups in total. The van der Waals surface area contributed by atoms with Gasteiger partial charge in [-0.15, -0.1) is 0 Å². The maximum absolute atomic E-state index is 12.5. The van der Waals surface area contributed by atoms with E-state index in [1.165, 1.54) is 0 Å². The second kappa shape index (κ2) is 5.60. The Kier molecular flexibility index (Phi) is 3.64. The monoisotopic (exact) mass is 286 g/mol. The molecule has 2 aromatic rings. The standard InChI is InChI=1S/C16H18N2O3/c1-11-6-4-5-9-18(11)16(20)13-10-15(21-17-13)12-7-2-3-8-14(12)19/h2-3,7-8,10-11,19H,4-6,9H2,1H3. The zero-order valence-electron chi connectivity index (χ0n) is 12.0. The summed E-state index contributed by atoms with van der Waals surface area (Å²) in [6.07, 6.45) is 3.21. The first-order valence-electron chi connectivity index (χ1n) is 7.23. The van der Waals surface area contributed by atoms with Crippen molar-refractivity contribution in [1.29, 1.82) is 0 Å². The third-order valence-corrected chi connectivity index (χ3v) is 3.96. The Morgan fingerprint density at radius 3 is 2.95 bits per heavy atom. The van der Waals surface area contributed by atoms with Crippen LogP contribution < -0.4 is 0 Å². The quantitative estimate of drug-likeness (QED) is 0.921. The first kappa shape index (κ1) is 13.7. The van der Waals surface area contributed by atoms with Crippen LogP contribution in [0.1, 0.15) is 36.7 Å². The van der Waals surface area contributed by atoms with Crippen molar-refractivity contribution in [3.05, 3.63) is 36.0 Å². The molecule has 5 heteroatoms. The molecule has 0 radical (unpaired) electrons. The van der Waals surface area contributed by atoms with Crippen LogP contribution in [0.4, 0.5) is 0 Å². The van der Waals surface area contributed by atoms with Crippen molar-refractivity contribution in [1.82, 2.24) is 10.1 Å². The van der Waals surface area contributed by atoms with Crippen LogP contribution in [0, 0.1) is 0 Å². The van der Waals surface area contributed by atoms with Gasteiger partial charge in [-0.1, -0.05) is 17.3 Å². The average Bonchev–Trinajstić information content (AvgIpc) is 2.97. The molecular formula is C16H18N2O3. The van der Waals surface area contributed by atoms with E-state index in [-0.39, 0.29) is 17.7 Å². The molecule has 1 atom stereocenters. The summed E-state index contributed by atoms with van der Waals surface area (Å²) in [4.78, 5) is 14.3. The van der Waals surface area contributed by atoms with Gasteiger partial charge < -0.3 is 14.5 Å². The van der Waals surface area contributed by atoms with E-state index < -0.39 is 0 Å². The van der Waals surface area contributed by atoms with Crippen LogP contribution in [-0.4, -0.2) is 33.7 Å². The maximum atomic E-state index is 12.5. The number of phenols is 1. The van der Waals surface area contributed by atoms with Gasteiger partial charge in [0.1, 0.15) is 5.75 Å². The summed E-state index contributed by atoms with van der Waals surface area (Å²) in [5.74, 6) is 0.410. The SMILES string of the molecule is CC1CCCCN1C(=O)c1cc(-c2ccccc2O)on1. The van der Waals surface area contributed by atoms with E-state index in [0.717, 1.165) is 25.8 Å². The number of nitrogens with zero attached hydrogens (tertiary/aromatic N) is 2. The van der Waals surface area contributed by atoms with E-state index in [1.54, 1.807) is 30.3 Å². The zero-order valence-corrected chi connectivity index (χ0v) is 12.0. The molecule has 1 aromatic carbocycles. The van der Waals surface area contributed by atoms with Gasteiger partial charge in [0.2, 0.25) is 0 Å². The molecule has 1 aromatic heterocycles. The van der Waals surface area contributed by atoms with Gasteiger partial charge in [0.15, 0.2) is 11.5 Å². The minimum Gasteiger partial charge on any atom is -0.507 e. The number of phenolic OH excluding ortho intramolecular Hbond substituents is 1. The van der Waals surface area contributed by atoms with Crippen LogP contribution in [0.15, 0.2) is 34.9 Å². The third-order valence-electron chi connectivity index (χ3n) is 3.96. The number of likely N-dealkylation sites (tertiary alicyclic amines) is 1. The van der Waals surface area contributed by atoms with Gasteiger partial charge >= 0.3 is 0 Å². The lowest BCUT2D eigenvalue weighted by Gasteiger charge is -2.32. The van der Waals surface area contributed by atoms with Gasteiger partial charge in [0.05, 0.1) is 5.56 Å². The second-order valence-electron chi connectivity index (χ2n) is 5.44. The first-order chi connectivity index (χ1) is 10.2. The molecule has 1 aliphatic rings. The van der Waals surface area contributed by atoms with Crippen molar-refractivity contribution >= 4 is 5.91 Å². The Morgan fingerprint density at radius 1 is 1.38 bits per heavy atom. The highest BCUT2D eigenvalue weighted by molar-refractivity contribution is 5.93. The van der Waals surface area contributed by atoms with E-state index in [2.05, 4.69) is 12.1 Å². The number of hydrogen-bond acceptors (Lipinski definition) is 4. The Balaban J connectivity index is 1.85. The molecule has 110 valence electrons. The van der Waals surface area contributed by atoms with Crippen molar-refractivity contribution in [3.63, 3.8) is 0 Å². The summed E-state index contributed by atoms with van der Waals surface area (Å²) in [6.45, 7) is 2.82. The predicted molar refractivity (Wildman–Crippen MR) is 78.0 cm³/mol. The molecule has 21 heavy (non-hydrogen) atoms. The lowest BCUT2D eigenvalue weighted by atomic mass is 10.0. The third kappa shape index (κ3) is 2.63. The van der Waals surface area contributed by atoms with E-state index in [0.29, 0.717) is 17.0 Å². The van der Waals surface area contributed by atoms with Crippen molar-refractivity contribution in [2.45, 2.75) is 32.2 Å². The number of hydrogen-bond donors (Lipinski definition) is 1. The molecule has 0 bridgehead atoms. The van der Waals surface area contributed by atoms with Crippen LogP contribution >= 0.6 is 0 Å². The number of piperidine rings is 1. The number of rotatable bonds is 2. The van der Waals surface area contributed by atoms with E-state index in [9.17, 15) is 9.90 Å². The highest BCUT2D eigenvalue weighted by Crippen LogP contribution is 2.29. The number of aromatic nitrogens is 1. The zero-order chi connectivity index (χ0) is 14.8. The van der Waals surface area contributed by atoms with Crippen LogP contribution in [0.5, 0.6) is 5.75 Å². The normalized spacial score (nSPS) is 18.7. The molecule has 0 saturated carbocycles. The molecule has 0 spiro atoms. The summed E-state index contributed by atoms with van der Waals surface area (Å²) in [5.41, 5.74) is 0.831. The average molecular weight is 286 g/mol. The Bertz CT molecular complexity index is 650. The smallest absolute Gasteiger partial charge is 0.276 e. The fraction of sp³-hybridized carbons (Fsp3) is 0.375. The van der Waals surface area contributed by atoms with Crippen LogP contribution in [0.3, 0.4) is 0 Å². The number of aromatic hydroxyl groups is 1. The van der Waals surface area contributed by atoms with Crippen LogP contribution in [-0.2, 0) is 0 Å². The Labute approximate surface area is 123 Å². The van der Waals surface area contributed by atoms with Crippen molar-refractivity contribution in [2.24, 2.45) is 0 Å². The lowest BCUT2D eigenvalue weighted by Crippen LogP contribution is -2.42. The van der Waals surface area contributed by atoms with Crippen molar-refractivity contribution in [3.8, 4) is 17.1 Å². The molecule has 1 amide bonds. The molecule has 1 aliphatic heterocycles. The van der Waals surface area contributed by atoms with E-state index in [4.69, 9.17) is 4.52 Å². The number of carbonyl (C=O) groups excluding carboxylic acids is 1. The van der Waals surface area contributed by atoms with Crippen molar-refractivity contribution in [2.75, 3.05) is 6.54 Å². The summed E-state index contributed by atoms with van der Waals surface area (Å²) in [5, 5.41) is 13.7. The molecular weight excluding hydrogens is 268 g/mol. The molecule has 1 fully saturated rings. The molecule has 1 unspecified atom stereocenters. The van der Waals surface area contributed by atoms with Gasteiger partial charge in [-0.3, -0.25) is 4.79 Å². The Hall–Kier alpha value is -2.30. The molecule has 1 saturated heterocycles. The van der Waals surface area contributed by atoms with Gasteiger partial charge in [-0.2, -0.15) is 0 Å². The van der Waals surface area contributed by atoms with Crippen LogP contribution in [0.25, 0.3) is 11.3 Å². The molecule has 5 nitrogen and oxygen atoms in total. The van der Waals surface area contributed by atoms with Crippen molar-refractivity contribution < 1.29 is 14.4 Å². The fourth-order valence-corrected chi connectivity index (χ4v) is 2.73. The van der Waals surface area contributed by atoms with Crippen LogP contribution in [0.2, 0.25) is 0 Å². The summed E-state index contributed by atoms with van der Waals surface area (Å²) < 4.78 is 5.22.